The van der Waals surface area contributed by atoms with Crippen molar-refractivity contribution >= 4 is 32.8 Å². The molecule has 2 aromatic carbocycles. The van der Waals surface area contributed by atoms with Crippen molar-refractivity contribution in [3.05, 3.63) is 36.4 Å². The number of ether oxygens (including phenoxy) is 2. The van der Waals surface area contributed by atoms with Crippen LogP contribution in [0, 0.1) is 11.8 Å². The lowest BCUT2D eigenvalue weighted by molar-refractivity contribution is 0.305. The molecule has 0 radical (unpaired) electrons. The van der Waals surface area contributed by atoms with E-state index in [2.05, 4.69) is 67.5 Å². The second-order valence-electron chi connectivity index (χ2n) is 12.2. The molecule has 0 saturated carbocycles. The van der Waals surface area contributed by atoms with Gasteiger partial charge in [0.25, 0.3) is 0 Å². The first-order chi connectivity index (χ1) is 20.9. The number of nitrogens with zero attached hydrogens (tertiary/aromatic N) is 3. The largest absolute Gasteiger partial charge is 0.490 e. The standard InChI is InChI=1S/C31H47N7O4S/c1-43(39,40)38(22-32-20-24-6-12-36(13-7-24)26-2-4-30-28(18-26)34-10-16-41-30)23-33-21-25-8-14-37(15-9-25)27-3-5-31-29(19-27)35-11-17-42-31/h2-5,18-19,24-25,32-35H,6-17,20-23H2,1H3. The third-order valence-corrected chi connectivity index (χ3v) is 10.3. The second-order valence-corrected chi connectivity index (χ2v) is 14.2. The number of sulfonamides is 1. The summed E-state index contributed by atoms with van der Waals surface area (Å²) in [4.78, 5) is 4.87. The molecule has 0 amide bonds. The Kier molecular flexibility index (Phi) is 9.66. The molecule has 0 aliphatic carbocycles. The van der Waals surface area contributed by atoms with E-state index in [-0.39, 0.29) is 0 Å². The Morgan fingerprint density at radius 2 is 1.21 bits per heavy atom. The number of fused-ring (bicyclic) bond motifs is 2. The van der Waals surface area contributed by atoms with Crippen molar-refractivity contribution in [1.29, 1.82) is 0 Å². The van der Waals surface area contributed by atoms with Crippen molar-refractivity contribution in [3.8, 4) is 11.5 Å². The van der Waals surface area contributed by atoms with Gasteiger partial charge in [0.15, 0.2) is 0 Å². The van der Waals surface area contributed by atoms with E-state index in [4.69, 9.17) is 9.47 Å². The minimum atomic E-state index is -3.32. The van der Waals surface area contributed by atoms with Crippen LogP contribution in [0.25, 0.3) is 0 Å². The van der Waals surface area contributed by atoms with Gasteiger partial charge in [0.1, 0.15) is 24.7 Å². The molecule has 2 fully saturated rings. The smallest absolute Gasteiger partial charge is 0.213 e. The normalized spacial score (nSPS) is 19.6. The summed E-state index contributed by atoms with van der Waals surface area (Å²) >= 11 is 0. The highest BCUT2D eigenvalue weighted by Gasteiger charge is 2.24. The average Bonchev–Trinajstić information content (AvgIpc) is 3.04. The molecule has 12 heteroatoms. The summed E-state index contributed by atoms with van der Waals surface area (Å²) < 4.78 is 37.9. The summed E-state index contributed by atoms with van der Waals surface area (Å²) in [5.41, 5.74) is 4.61. The predicted molar refractivity (Wildman–Crippen MR) is 173 cm³/mol. The number of nitrogens with one attached hydrogen (secondary N) is 4. The van der Waals surface area contributed by atoms with Gasteiger partial charge in [-0.15, -0.1) is 0 Å². The first-order valence-electron chi connectivity index (χ1n) is 15.8. The van der Waals surface area contributed by atoms with E-state index in [0.717, 1.165) is 101 Å². The van der Waals surface area contributed by atoms with Gasteiger partial charge in [-0.25, -0.2) is 8.42 Å². The lowest BCUT2D eigenvalue weighted by atomic mass is 9.96. The molecular formula is C31H47N7O4S. The zero-order chi connectivity index (χ0) is 29.6. The van der Waals surface area contributed by atoms with Crippen molar-refractivity contribution < 1.29 is 17.9 Å². The molecule has 0 bridgehead atoms. The maximum absolute atomic E-state index is 12.5. The van der Waals surface area contributed by atoms with E-state index in [1.165, 1.54) is 21.9 Å². The molecule has 0 aromatic heterocycles. The molecule has 0 spiro atoms. The van der Waals surface area contributed by atoms with Gasteiger partial charge < -0.3 is 40.5 Å². The third kappa shape index (κ3) is 7.78. The van der Waals surface area contributed by atoms with E-state index >= 15 is 0 Å². The third-order valence-electron chi connectivity index (χ3n) is 9.15. The first kappa shape index (κ1) is 30.1. The molecule has 2 aromatic rings. The van der Waals surface area contributed by atoms with Crippen LogP contribution in [0.2, 0.25) is 0 Å². The molecule has 4 heterocycles. The molecule has 236 valence electrons. The number of rotatable bonds is 11. The number of hydrogen-bond acceptors (Lipinski definition) is 10. The highest BCUT2D eigenvalue weighted by molar-refractivity contribution is 7.88. The number of piperidine rings is 2. The van der Waals surface area contributed by atoms with Gasteiger partial charge in [0, 0.05) is 50.6 Å². The Bertz CT molecular complexity index is 1240. The molecule has 11 nitrogen and oxygen atoms in total. The van der Waals surface area contributed by atoms with Crippen LogP contribution in [0.15, 0.2) is 36.4 Å². The monoisotopic (exact) mass is 613 g/mol. The molecular weight excluding hydrogens is 566 g/mol. The fourth-order valence-corrected chi connectivity index (χ4v) is 7.17. The molecule has 43 heavy (non-hydrogen) atoms. The van der Waals surface area contributed by atoms with E-state index in [1.54, 1.807) is 0 Å². The average molecular weight is 614 g/mol. The number of anilines is 4. The maximum Gasteiger partial charge on any atom is 0.213 e. The summed E-state index contributed by atoms with van der Waals surface area (Å²) in [7, 11) is -3.32. The lowest BCUT2D eigenvalue weighted by Gasteiger charge is -2.35. The van der Waals surface area contributed by atoms with Crippen LogP contribution < -0.4 is 40.5 Å². The minimum Gasteiger partial charge on any atom is -0.490 e. The summed E-state index contributed by atoms with van der Waals surface area (Å²) in [6.45, 7) is 9.41. The van der Waals surface area contributed by atoms with Crippen LogP contribution in [-0.2, 0) is 10.0 Å². The van der Waals surface area contributed by atoms with Crippen LogP contribution in [-0.4, -0.2) is 97.9 Å². The Balaban J connectivity index is 0.892. The molecule has 0 unspecified atom stereocenters. The van der Waals surface area contributed by atoms with E-state index in [1.807, 2.05) is 0 Å². The van der Waals surface area contributed by atoms with Crippen molar-refractivity contribution in [2.45, 2.75) is 25.7 Å². The quantitative estimate of drug-likeness (QED) is 0.283. The Labute approximate surface area is 256 Å². The molecule has 0 atom stereocenters. The lowest BCUT2D eigenvalue weighted by Crippen LogP contribution is -2.47. The fraction of sp³-hybridized carbons (Fsp3) is 0.613. The van der Waals surface area contributed by atoms with Crippen molar-refractivity contribution in [2.75, 3.05) is 106 Å². The van der Waals surface area contributed by atoms with Crippen molar-refractivity contribution in [1.82, 2.24) is 14.9 Å². The summed E-state index contributed by atoms with van der Waals surface area (Å²) in [6.07, 6.45) is 5.63. The Morgan fingerprint density at radius 1 is 0.767 bits per heavy atom. The van der Waals surface area contributed by atoms with Crippen LogP contribution >= 0.6 is 0 Å². The highest BCUT2D eigenvalue weighted by Crippen LogP contribution is 2.34. The van der Waals surface area contributed by atoms with Gasteiger partial charge >= 0.3 is 0 Å². The molecule has 4 N–H and O–H groups in total. The maximum atomic E-state index is 12.5. The molecule has 4 aliphatic heterocycles. The molecule has 4 aliphatic rings. The molecule has 2 saturated heterocycles. The highest BCUT2D eigenvalue weighted by atomic mass is 32.2. The van der Waals surface area contributed by atoms with Gasteiger partial charge in [-0.2, -0.15) is 4.31 Å². The van der Waals surface area contributed by atoms with E-state index in [0.29, 0.717) is 38.4 Å². The van der Waals surface area contributed by atoms with Gasteiger partial charge in [-0.05, 0) is 87.0 Å². The summed E-state index contributed by atoms with van der Waals surface area (Å²) in [5, 5.41) is 13.7. The zero-order valence-corrected chi connectivity index (χ0v) is 26.1. The van der Waals surface area contributed by atoms with Gasteiger partial charge in [0.2, 0.25) is 10.0 Å². The SMILES string of the molecule is CS(=O)(=O)N(CNCC1CCN(c2ccc3c(c2)NCCO3)CC1)CNCC1CCN(c2ccc3c(c2)NCCO3)CC1. The van der Waals surface area contributed by atoms with Gasteiger partial charge in [-0.3, -0.25) is 0 Å². The van der Waals surface area contributed by atoms with E-state index < -0.39 is 10.0 Å². The summed E-state index contributed by atoms with van der Waals surface area (Å²) in [6, 6.07) is 12.8. The Morgan fingerprint density at radius 3 is 1.63 bits per heavy atom. The van der Waals surface area contributed by atoms with Crippen LogP contribution in [0.1, 0.15) is 25.7 Å². The van der Waals surface area contributed by atoms with Gasteiger partial charge in [0.05, 0.1) is 31.0 Å². The van der Waals surface area contributed by atoms with Crippen LogP contribution in [0.4, 0.5) is 22.7 Å². The first-order valence-corrected chi connectivity index (χ1v) is 17.6. The zero-order valence-electron chi connectivity index (χ0n) is 25.3. The number of benzene rings is 2. The topological polar surface area (TPSA) is 110 Å². The predicted octanol–water partition coefficient (Wildman–Crippen LogP) is 2.78. The second kappa shape index (κ2) is 13.8. The van der Waals surface area contributed by atoms with Crippen molar-refractivity contribution in [2.24, 2.45) is 11.8 Å². The van der Waals surface area contributed by atoms with Crippen molar-refractivity contribution in [3.63, 3.8) is 0 Å². The molecule has 6 rings (SSSR count). The van der Waals surface area contributed by atoms with Gasteiger partial charge in [-0.1, -0.05) is 0 Å². The number of hydrogen-bond donors (Lipinski definition) is 4. The fourth-order valence-electron chi connectivity index (χ4n) is 6.52. The summed E-state index contributed by atoms with van der Waals surface area (Å²) in [5.74, 6) is 2.93. The Hall–Kier alpha value is -2.93. The van der Waals surface area contributed by atoms with Crippen LogP contribution in [0.3, 0.4) is 0 Å². The van der Waals surface area contributed by atoms with Crippen LogP contribution in [0.5, 0.6) is 11.5 Å². The van der Waals surface area contributed by atoms with E-state index in [9.17, 15) is 8.42 Å². The minimum absolute atomic E-state index is 0.330.